The van der Waals surface area contributed by atoms with E-state index in [1.807, 2.05) is 48.5 Å². The lowest BCUT2D eigenvalue weighted by Gasteiger charge is -2.10. The molecule has 0 atom stereocenters. The summed E-state index contributed by atoms with van der Waals surface area (Å²) in [4.78, 5) is 9.38. The van der Waals surface area contributed by atoms with Gasteiger partial charge in [-0.25, -0.2) is 9.97 Å². The Morgan fingerprint density at radius 3 is 2.43 bits per heavy atom. The largest absolute Gasteiger partial charge is 0.497 e. The monoisotopic (exact) mass is 329 g/mol. The van der Waals surface area contributed by atoms with Crippen molar-refractivity contribution in [3.63, 3.8) is 0 Å². The van der Waals surface area contributed by atoms with E-state index in [4.69, 9.17) is 9.72 Å². The molecule has 0 saturated carbocycles. The normalized spacial score (nSPS) is 10.2. The minimum atomic E-state index is 0. The minimum absolute atomic E-state index is 0. The van der Waals surface area contributed by atoms with Crippen molar-refractivity contribution in [1.82, 2.24) is 9.97 Å². The van der Waals surface area contributed by atoms with Crippen molar-refractivity contribution in [2.24, 2.45) is 0 Å². The first-order chi connectivity index (χ1) is 10.8. The quantitative estimate of drug-likeness (QED) is 0.746. The Kier molecular flexibility index (Phi) is 5.77. The zero-order valence-electron chi connectivity index (χ0n) is 13.2. The van der Waals surface area contributed by atoms with Crippen molar-refractivity contribution in [2.45, 2.75) is 13.3 Å². The fourth-order valence-corrected chi connectivity index (χ4v) is 2.32. The minimum Gasteiger partial charge on any atom is -0.497 e. The molecule has 0 bridgehead atoms. The van der Waals surface area contributed by atoms with Gasteiger partial charge in [-0.3, -0.25) is 0 Å². The van der Waals surface area contributed by atoms with E-state index in [2.05, 4.69) is 17.2 Å². The van der Waals surface area contributed by atoms with E-state index < -0.39 is 0 Å². The van der Waals surface area contributed by atoms with E-state index in [-0.39, 0.29) is 12.4 Å². The maximum atomic E-state index is 5.20. The predicted molar refractivity (Wildman–Crippen MR) is 97.6 cm³/mol. The summed E-state index contributed by atoms with van der Waals surface area (Å²) in [5, 5.41) is 4.44. The molecule has 1 heterocycles. The van der Waals surface area contributed by atoms with Crippen molar-refractivity contribution < 1.29 is 4.74 Å². The molecule has 1 N–H and O–H groups in total. The molecule has 0 amide bonds. The Hall–Kier alpha value is -2.33. The zero-order chi connectivity index (χ0) is 15.4. The van der Waals surface area contributed by atoms with E-state index in [1.54, 1.807) is 7.11 Å². The Morgan fingerprint density at radius 1 is 1.00 bits per heavy atom. The van der Waals surface area contributed by atoms with Crippen LogP contribution < -0.4 is 10.1 Å². The molecule has 3 rings (SSSR count). The van der Waals surface area contributed by atoms with Crippen molar-refractivity contribution in [1.29, 1.82) is 0 Å². The topological polar surface area (TPSA) is 47.0 Å². The third-order valence-corrected chi connectivity index (χ3v) is 3.49. The predicted octanol–water partition coefficient (Wildman–Crippen LogP) is 4.55. The molecule has 0 saturated heterocycles. The number of para-hydroxylation sites is 1. The maximum Gasteiger partial charge on any atom is 0.162 e. The molecule has 0 fully saturated rings. The van der Waals surface area contributed by atoms with Crippen molar-refractivity contribution >= 4 is 29.1 Å². The summed E-state index contributed by atoms with van der Waals surface area (Å²) in [6, 6.07) is 15.9. The average Bonchev–Trinajstić information content (AvgIpc) is 2.59. The van der Waals surface area contributed by atoms with Crippen LogP contribution in [-0.4, -0.2) is 23.6 Å². The highest BCUT2D eigenvalue weighted by atomic mass is 35.5. The first-order valence-corrected chi connectivity index (χ1v) is 7.47. The fraction of sp³-hybridized carbons (Fsp3) is 0.222. The standard InChI is InChI=1S/C18H19N3O.ClH/c1-3-12-19-18-15-6-4-5-7-16(15)20-17(21-18)13-8-10-14(22-2)11-9-13;/h4-11H,3,12H2,1-2H3,(H,19,20,21);1H. The summed E-state index contributed by atoms with van der Waals surface area (Å²) >= 11 is 0. The number of ether oxygens (including phenoxy) is 1. The van der Waals surface area contributed by atoms with E-state index >= 15 is 0 Å². The number of benzene rings is 2. The number of fused-ring (bicyclic) bond motifs is 1. The van der Waals surface area contributed by atoms with E-state index in [0.29, 0.717) is 0 Å². The van der Waals surface area contributed by atoms with Crippen LogP contribution in [0.4, 0.5) is 5.82 Å². The van der Waals surface area contributed by atoms with Crippen LogP contribution in [0.15, 0.2) is 48.5 Å². The fourth-order valence-electron chi connectivity index (χ4n) is 2.32. The van der Waals surface area contributed by atoms with Gasteiger partial charge in [0.25, 0.3) is 0 Å². The van der Waals surface area contributed by atoms with Crippen LogP contribution in [0, 0.1) is 0 Å². The first kappa shape index (κ1) is 17.0. The molecule has 2 aromatic carbocycles. The van der Waals surface area contributed by atoms with Crippen molar-refractivity contribution in [2.75, 3.05) is 19.0 Å². The summed E-state index contributed by atoms with van der Waals surface area (Å²) in [5.74, 6) is 2.44. The second kappa shape index (κ2) is 7.79. The smallest absolute Gasteiger partial charge is 0.162 e. The summed E-state index contributed by atoms with van der Waals surface area (Å²) < 4.78 is 5.20. The van der Waals surface area contributed by atoms with Gasteiger partial charge in [-0.15, -0.1) is 12.4 Å². The number of hydrogen-bond donors (Lipinski definition) is 1. The summed E-state index contributed by atoms with van der Waals surface area (Å²) in [7, 11) is 1.66. The number of methoxy groups -OCH3 is 1. The number of nitrogens with zero attached hydrogens (tertiary/aromatic N) is 2. The number of hydrogen-bond acceptors (Lipinski definition) is 4. The Balaban J connectivity index is 0.00000192. The van der Waals surface area contributed by atoms with Crippen molar-refractivity contribution in [3.05, 3.63) is 48.5 Å². The first-order valence-electron chi connectivity index (χ1n) is 7.47. The third kappa shape index (κ3) is 3.71. The molecule has 1 aromatic heterocycles. The molecule has 0 unspecified atom stereocenters. The number of anilines is 1. The third-order valence-electron chi connectivity index (χ3n) is 3.49. The number of nitrogens with one attached hydrogen (secondary N) is 1. The molecule has 0 radical (unpaired) electrons. The second-order valence-electron chi connectivity index (χ2n) is 5.07. The molecule has 120 valence electrons. The van der Waals surface area contributed by atoms with Gasteiger partial charge in [-0.05, 0) is 42.8 Å². The van der Waals surface area contributed by atoms with Crippen LogP contribution in [0.3, 0.4) is 0 Å². The molecule has 0 aliphatic heterocycles. The van der Waals surface area contributed by atoms with Crippen LogP contribution >= 0.6 is 12.4 Å². The van der Waals surface area contributed by atoms with Gasteiger partial charge in [0.15, 0.2) is 5.82 Å². The summed E-state index contributed by atoms with van der Waals surface area (Å²) in [5.41, 5.74) is 1.92. The van der Waals surface area contributed by atoms with Gasteiger partial charge in [0.2, 0.25) is 0 Å². The highest BCUT2D eigenvalue weighted by molar-refractivity contribution is 5.90. The summed E-state index contributed by atoms with van der Waals surface area (Å²) in [6.07, 6.45) is 1.05. The Bertz CT molecular complexity index is 775. The van der Waals surface area contributed by atoms with Crippen LogP contribution in [0.2, 0.25) is 0 Å². The lowest BCUT2D eigenvalue weighted by atomic mass is 10.1. The van der Waals surface area contributed by atoms with Crippen molar-refractivity contribution in [3.8, 4) is 17.1 Å². The SMILES string of the molecule is CCCNc1nc(-c2ccc(OC)cc2)nc2ccccc12.Cl. The maximum absolute atomic E-state index is 5.20. The number of rotatable bonds is 5. The average molecular weight is 330 g/mol. The number of aromatic nitrogens is 2. The molecule has 23 heavy (non-hydrogen) atoms. The Labute approximate surface area is 142 Å². The lowest BCUT2D eigenvalue weighted by Crippen LogP contribution is -2.04. The van der Waals surface area contributed by atoms with Crippen LogP contribution in [0.25, 0.3) is 22.3 Å². The van der Waals surface area contributed by atoms with Gasteiger partial charge in [0.1, 0.15) is 11.6 Å². The molecule has 0 spiro atoms. The zero-order valence-corrected chi connectivity index (χ0v) is 14.1. The molecular weight excluding hydrogens is 310 g/mol. The molecule has 5 heteroatoms. The highest BCUT2D eigenvalue weighted by Crippen LogP contribution is 2.26. The van der Waals surface area contributed by atoms with Gasteiger partial charge in [0, 0.05) is 17.5 Å². The van der Waals surface area contributed by atoms with E-state index in [1.165, 1.54) is 0 Å². The van der Waals surface area contributed by atoms with E-state index in [9.17, 15) is 0 Å². The van der Waals surface area contributed by atoms with Crippen LogP contribution in [0.5, 0.6) is 5.75 Å². The van der Waals surface area contributed by atoms with Gasteiger partial charge >= 0.3 is 0 Å². The van der Waals surface area contributed by atoms with Crippen LogP contribution in [0.1, 0.15) is 13.3 Å². The molecule has 4 nitrogen and oxygen atoms in total. The molecule has 0 aliphatic rings. The number of halogens is 1. The molecule has 0 aliphatic carbocycles. The molecule has 3 aromatic rings. The summed E-state index contributed by atoms with van der Waals surface area (Å²) in [6.45, 7) is 3.03. The molecular formula is C18H20ClN3O. The van der Waals surface area contributed by atoms with Gasteiger partial charge in [0.05, 0.1) is 12.6 Å². The Morgan fingerprint density at radius 2 is 1.74 bits per heavy atom. The second-order valence-corrected chi connectivity index (χ2v) is 5.07. The lowest BCUT2D eigenvalue weighted by molar-refractivity contribution is 0.415. The van der Waals surface area contributed by atoms with Gasteiger partial charge < -0.3 is 10.1 Å². The van der Waals surface area contributed by atoms with Crippen LogP contribution in [-0.2, 0) is 0 Å². The van der Waals surface area contributed by atoms with Gasteiger partial charge in [-0.2, -0.15) is 0 Å². The highest BCUT2D eigenvalue weighted by Gasteiger charge is 2.09. The van der Waals surface area contributed by atoms with E-state index in [0.717, 1.165) is 46.8 Å². The van der Waals surface area contributed by atoms with Gasteiger partial charge in [-0.1, -0.05) is 19.1 Å².